The van der Waals surface area contributed by atoms with Gasteiger partial charge in [0.15, 0.2) is 0 Å². The van der Waals surface area contributed by atoms with Crippen LogP contribution >= 0.6 is 0 Å². The normalized spacial score (nSPS) is 10.7. The van der Waals surface area contributed by atoms with E-state index in [9.17, 15) is 0 Å². The van der Waals surface area contributed by atoms with E-state index in [1.165, 1.54) is 11.1 Å². The summed E-state index contributed by atoms with van der Waals surface area (Å²) in [7, 11) is 1.65. The van der Waals surface area contributed by atoms with Crippen LogP contribution in [0, 0.1) is 20.8 Å². The summed E-state index contributed by atoms with van der Waals surface area (Å²) in [4.78, 5) is 4.65. The minimum atomic E-state index is 0.784. The van der Waals surface area contributed by atoms with Gasteiger partial charge in [0.1, 0.15) is 17.2 Å². The highest BCUT2D eigenvalue weighted by molar-refractivity contribution is 5.88. The fraction of sp³-hybridized carbons (Fsp3) is 0.211. The number of ether oxygens (including phenoxy) is 2. The summed E-state index contributed by atoms with van der Waals surface area (Å²) in [6.45, 7) is 6.15. The van der Waals surface area contributed by atoms with Crippen LogP contribution in [0.4, 0.5) is 0 Å². The molecule has 3 aromatic rings. The number of aromatic nitrogens is 1. The molecule has 2 aromatic carbocycles. The Hall–Kier alpha value is -2.55. The Morgan fingerprint density at radius 3 is 2.23 bits per heavy atom. The van der Waals surface area contributed by atoms with Crippen molar-refractivity contribution in [3.05, 3.63) is 59.3 Å². The third-order valence-electron chi connectivity index (χ3n) is 3.63. The zero-order valence-electron chi connectivity index (χ0n) is 13.3. The Bertz CT molecular complexity index is 823. The molecule has 0 amide bonds. The summed E-state index contributed by atoms with van der Waals surface area (Å²) >= 11 is 0. The summed E-state index contributed by atoms with van der Waals surface area (Å²) in [5.41, 5.74) is 4.31. The van der Waals surface area contributed by atoms with Crippen molar-refractivity contribution < 1.29 is 9.47 Å². The highest BCUT2D eigenvalue weighted by atomic mass is 16.5. The lowest BCUT2D eigenvalue weighted by molar-refractivity contribution is 0.413. The molecule has 3 rings (SSSR count). The van der Waals surface area contributed by atoms with Crippen LogP contribution in [0.15, 0.2) is 42.5 Å². The van der Waals surface area contributed by atoms with Crippen LogP contribution < -0.4 is 9.47 Å². The predicted molar refractivity (Wildman–Crippen MR) is 89.0 cm³/mol. The van der Waals surface area contributed by atoms with Crippen LogP contribution in [-0.4, -0.2) is 12.1 Å². The Kier molecular flexibility index (Phi) is 3.72. The maximum Gasteiger partial charge on any atom is 0.138 e. The Labute approximate surface area is 130 Å². The quantitative estimate of drug-likeness (QED) is 0.684. The molecule has 0 aliphatic carbocycles. The van der Waals surface area contributed by atoms with Gasteiger partial charge in [-0.2, -0.15) is 0 Å². The van der Waals surface area contributed by atoms with Crippen LogP contribution in [0.25, 0.3) is 10.9 Å². The van der Waals surface area contributed by atoms with Crippen molar-refractivity contribution in [1.29, 1.82) is 0 Å². The number of hydrogen-bond acceptors (Lipinski definition) is 3. The zero-order valence-corrected chi connectivity index (χ0v) is 13.3. The summed E-state index contributed by atoms with van der Waals surface area (Å²) < 4.78 is 11.3. The van der Waals surface area contributed by atoms with Crippen molar-refractivity contribution in [2.24, 2.45) is 0 Å². The van der Waals surface area contributed by atoms with Gasteiger partial charge in [0.25, 0.3) is 0 Å². The van der Waals surface area contributed by atoms with Gasteiger partial charge in [-0.3, -0.25) is 4.98 Å². The Morgan fingerprint density at radius 1 is 0.864 bits per heavy atom. The maximum atomic E-state index is 6.09. The molecule has 0 N–H and O–H groups in total. The van der Waals surface area contributed by atoms with E-state index in [0.29, 0.717) is 0 Å². The van der Waals surface area contributed by atoms with E-state index in [4.69, 9.17) is 9.47 Å². The zero-order chi connectivity index (χ0) is 15.7. The van der Waals surface area contributed by atoms with E-state index in [2.05, 4.69) is 31.0 Å². The first kappa shape index (κ1) is 14.4. The number of benzene rings is 2. The monoisotopic (exact) mass is 293 g/mol. The second-order valence-corrected chi connectivity index (χ2v) is 5.52. The number of rotatable bonds is 3. The van der Waals surface area contributed by atoms with Crippen LogP contribution in [0.1, 0.15) is 16.8 Å². The molecule has 3 nitrogen and oxygen atoms in total. The molecule has 0 unspecified atom stereocenters. The molecular weight excluding hydrogens is 274 g/mol. The SMILES string of the molecule is COc1ccc(Oc2cc(C)nc3c(C)cc(C)cc23)cc1. The lowest BCUT2D eigenvalue weighted by Crippen LogP contribution is -1.93. The molecule has 3 heteroatoms. The van der Waals surface area contributed by atoms with E-state index in [-0.39, 0.29) is 0 Å². The standard InChI is InChI=1S/C19H19NO2/c1-12-9-13(2)19-17(10-12)18(11-14(3)20-19)22-16-7-5-15(21-4)6-8-16/h5-11H,1-4H3. The van der Waals surface area contributed by atoms with Crippen molar-refractivity contribution in [1.82, 2.24) is 4.98 Å². The number of aryl methyl sites for hydroxylation is 3. The topological polar surface area (TPSA) is 31.4 Å². The van der Waals surface area contributed by atoms with Crippen molar-refractivity contribution >= 4 is 10.9 Å². The molecule has 0 spiro atoms. The summed E-state index contributed by atoms with van der Waals surface area (Å²) in [5.74, 6) is 2.43. The minimum Gasteiger partial charge on any atom is -0.497 e. The van der Waals surface area contributed by atoms with Crippen LogP contribution in [-0.2, 0) is 0 Å². The number of pyridine rings is 1. The molecule has 0 aliphatic rings. The molecule has 1 aromatic heterocycles. The smallest absolute Gasteiger partial charge is 0.138 e. The van der Waals surface area contributed by atoms with Gasteiger partial charge in [-0.25, -0.2) is 0 Å². The lowest BCUT2D eigenvalue weighted by Gasteiger charge is -2.12. The molecule has 22 heavy (non-hydrogen) atoms. The average molecular weight is 293 g/mol. The van der Waals surface area contributed by atoms with Crippen molar-refractivity contribution in [2.75, 3.05) is 7.11 Å². The number of nitrogens with zero attached hydrogens (tertiary/aromatic N) is 1. The molecule has 0 saturated heterocycles. The summed E-state index contributed by atoms with van der Waals surface area (Å²) in [6, 6.07) is 13.8. The number of methoxy groups -OCH3 is 1. The third kappa shape index (κ3) is 2.75. The van der Waals surface area contributed by atoms with Gasteiger partial charge in [-0.1, -0.05) is 6.07 Å². The summed E-state index contributed by atoms with van der Waals surface area (Å²) in [5, 5.41) is 1.04. The Morgan fingerprint density at radius 2 is 1.55 bits per heavy atom. The third-order valence-corrected chi connectivity index (χ3v) is 3.63. The van der Waals surface area contributed by atoms with Gasteiger partial charge in [0, 0.05) is 17.1 Å². The fourth-order valence-electron chi connectivity index (χ4n) is 2.63. The highest BCUT2D eigenvalue weighted by Crippen LogP contribution is 2.32. The fourth-order valence-corrected chi connectivity index (χ4v) is 2.63. The van der Waals surface area contributed by atoms with Crippen molar-refractivity contribution in [2.45, 2.75) is 20.8 Å². The van der Waals surface area contributed by atoms with Gasteiger partial charge in [0.05, 0.1) is 12.6 Å². The molecule has 0 bridgehead atoms. The first-order valence-corrected chi connectivity index (χ1v) is 7.27. The van der Waals surface area contributed by atoms with E-state index in [1.807, 2.05) is 37.3 Å². The lowest BCUT2D eigenvalue weighted by atomic mass is 10.1. The Balaban J connectivity index is 2.09. The van der Waals surface area contributed by atoms with E-state index >= 15 is 0 Å². The average Bonchev–Trinajstić information content (AvgIpc) is 2.49. The van der Waals surface area contributed by atoms with Crippen LogP contribution in [0.3, 0.4) is 0 Å². The highest BCUT2D eigenvalue weighted by Gasteiger charge is 2.09. The maximum absolute atomic E-state index is 6.09. The second-order valence-electron chi connectivity index (χ2n) is 5.52. The number of fused-ring (bicyclic) bond motifs is 1. The molecular formula is C19H19NO2. The number of hydrogen-bond donors (Lipinski definition) is 0. The van der Waals surface area contributed by atoms with E-state index < -0.39 is 0 Å². The van der Waals surface area contributed by atoms with Gasteiger partial charge >= 0.3 is 0 Å². The minimum absolute atomic E-state index is 0.784. The molecule has 1 heterocycles. The van der Waals surface area contributed by atoms with Gasteiger partial charge in [0.2, 0.25) is 0 Å². The molecule has 112 valence electrons. The van der Waals surface area contributed by atoms with Gasteiger partial charge < -0.3 is 9.47 Å². The molecule has 0 radical (unpaired) electrons. The molecule has 0 fully saturated rings. The first-order chi connectivity index (χ1) is 10.6. The molecule has 0 saturated carbocycles. The van der Waals surface area contributed by atoms with Gasteiger partial charge in [-0.05, 0) is 62.2 Å². The summed E-state index contributed by atoms with van der Waals surface area (Å²) in [6.07, 6.45) is 0. The van der Waals surface area contributed by atoms with Crippen molar-refractivity contribution in [3.63, 3.8) is 0 Å². The van der Waals surface area contributed by atoms with E-state index in [0.717, 1.165) is 33.8 Å². The second kappa shape index (κ2) is 5.68. The molecule has 0 atom stereocenters. The van der Waals surface area contributed by atoms with Crippen molar-refractivity contribution in [3.8, 4) is 17.2 Å². The van der Waals surface area contributed by atoms with Crippen LogP contribution in [0.2, 0.25) is 0 Å². The predicted octanol–water partition coefficient (Wildman–Crippen LogP) is 4.96. The molecule has 0 aliphatic heterocycles. The largest absolute Gasteiger partial charge is 0.497 e. The first-order valence-electron chi connectivity index (χ1n) is 7.27. The van der Waals surface area contributed by atoms with Gasteiger partial charge in [-0.15, -0.1) is 0 Å². The van der Waals surface area contributed by atoms with Crippen LogP contribution in [0.5, 0.6) is 17.2 Å². The van der Waals surface area contributed by atoms with E-state index in [1.54, 1.807) is 7.11 Å².